The van der Waals surface area contributed by atoms with E-state index in [0.29, 0.717) is 0 Å². The van der Waals surface area contributed by atoms with Gasteiger partial charge in [0.2, 0.25) is 0 Å². The predicted molar refractivity (Wildman–Crippen MR) is 101 cm³/mol. The number of carbonyl (C=O) groups is 1. The molecule has 0 radical (unpaired) electrons. The molecule has 2 aromatic carbocycles. The van der Waals surface area contributed by atoms with Gasteiger partial charge in [0.1, 0.15) is 18.0 Å². The van der Waals surface area contributed by atoms with Crippen LogP contribution in [0.4, 0.5) is 0 Å². The van der Waals surface area contributed by atoms with Gasteiger partial charge in [0, 0.05) is 5.56 Å². The highest BCUT2D eigenvalue weighted by Crippen LogP contribution is 2.12. The second-order valence-corrected chi connectivity index (χ2v) is 6.76. The molecular formula is C21H27N2O3+. The molecule has 5 heteroatoms. The molecule has 2 aromatic rings. The molecule has 0 aromatic heterocycles. The van der Waals surface area contributed by atoms with E-state index in [1.807, 2.05) is 48.2 Å². The minimum atomic E-state index is 0.0611. The van der Waals surface area contributed by atoms with Crippen LogP contribution in [0.5, 0.6) is 11.5 Å². The number of aryl methyl sites for hydroxylation is 1. The molecule has 1 amide bonds. The Hall–Kier alpha value is -2.53. The minimum absolute atomic E-state index is 0.0611. The second-order valence-electron chi connectivity index (χ2n) is 6.76. The largest absolute Gasteiger partial charge is 0.497 e. The molecule has 5 nitrogen and oxygen atoms in total. The fraction of sp³-hybridized carbons (Fsp3) is 0.381. The third-order valence-corrected chi connectivity index (χ3v) is 4.79. The number of hydrogen-bond donors (Lipinski definition) is 1. The van der Waals surface area contributed by atoms with Gasteiger partial charge in [-0.1, -0.05) is 29.8 Å². The standard InChI is InChI=1S/C21H26N2O3/c1-17-6-8-19(9-7-17)26-16-21(24)23-12-10-22(11-13-23)15-18-4-3-5-20(14-18)25-2/h3-9,14H,10-13,15-16H2,1-2H3/p+1. The summed E-state index contributed by atoms with van der Waals surface area (Å²) < 4.78 is 10.9. The SMILES string of the molecule is COc1cccc(C[NH+]2CCN(C(=O)COc3ccc(C)cc3)CC2)c1. The van der Waals surface area contributed by atoms with E-state index in [1.165, 1.54) is 16.0 Å². The summed E-state index contributed by atoms with van der Waals surface area (Å²) in [5.74, 6) is 1.70. The van der Waals surface area contributed by atoms with Crippen molar-refractivity contribution < 1.29 is 19.2 Å². The van der Waals surface area contributed by atoms with Gasteiger partial charge in [-0.25, -0.2) is 0 Å². The Bertz CT molecular complexity index is 722. The molecule has 1 fully saturated rings. The van der Waals surface area contributed by atoms with E-state index in [1.54, 1.807) is 7.11 Å². The highest BCUT2D eigenvalue weighted by atomic mass is 16.5. The van der Waals surface area contributed by atoms with Crippen LogP contribution in [0.15, 0.2) is 48.5 Å². The molecule has 0 atom stereocenters. The van der Waals surface area contributed by atoms with Crippen LogP contribution in [0.25, 0.3) is 0 Å². The lowest BCUT2D eigenvalue weighted by Crippen LogP contribution is -3.13. The first-order valence-electron chi connectivity index (χ1n) is 9.08. The summed E-state index contributed by atoms with van der Waals surface area (Å²) in [5.41, 5.74) is 2.45. The molecule has 0 spiro atoms. The van der Waals surface area contributed by atoms with Crippen molar-refractivity contribution in [2.75, 3.05) is 39.9 Å². The average Bonchev–Trinajstić information content (AvgIpc) is 2.68. The van der Waals surface area contributed by atoms with E-state index in [9.17, 15) is 4.79 Å². The summed E-state index contributed by atoms with van der Waals surface area (Å²) in [6, 6.07) is 16.0. The normalized spacial score (nSPS) is 14.9. The monoisotopic (exact) mass is 355 g/mol. The van der Waals surface area contributed by atoms with Crippen LogP contribution in [0.2, 0.25) is 0 Å². The van der Waals surface area contributed by atoms with Crippen LogP contribution in [-0.2, 0) is 11.3 Å². The average molecular weight is 355 g/mol. The molecule has 0 aliphatic carbocycles. The van der Waals surface area contributed by atoms with Crippen molar-refractivity contribution in [1.29, 1.82) is 0 Å². The van der Waals surface area contributed by atoms with Crippen LogP contribution in [0.1, 0.15) is 11.1 Å². The topological polar surface area (TPSA) is 43.2 Å². The van der Waals surface area contributed by atoms with Crippen molar-refractivity contribution >= 4 is 5.91 Å². The van der Waals surface area contributed by atoms with Crippen LogP contribution in [0.3, 0.4) is 0 Å². The Morgan fingerprint density at radius 1 is 1.08 bits per heavy atom. The lowest BCUT2D eigenvalue weighted by molar-refractivity contribution is -0.917. The van der Waals surface area contributed by atoms with Crippen molar-refractivity contribution in [2.24, 2.45) is 0 Å². The predicted octanol–water partition coefficient (Wildman–Crippen LogP) is 1.31. The minimum Gasteiger partial charge on any atom is -0.497 e. The van der Waals surface area contributed by atoms with Gasteiger partial charge in [-0.05, 0) is 31.2 Å². The molecule has 1 aliphatic rings. The van der Waals surface area contributed by atoms with Crippen molar-refractivity contribution in [2.45, 2.75) is 13.5 Å². The molecule has 1 heterocycles. The maximum absolute atomic E-state index is 12.4. The number of hydrogen-bond acceptors (Lipinski definition) is 3. The van der Waals surface area contributed by atoms with Crippen LogP contribution in [0, 0.1) is 6.92 Å². The van der Waals surface area contributed by atoms with Crippen molar-refractivity contribution in [3.05, 3.63) is 59.7 Å². The van der Waals surface area contributed by atoms with Gasteiger partial charge in [0.05, 0.1) is 33.3 Å². The number of benzene rings is 2. The zero-order chi connectivity index (χ0) is 18.4. The third-order valence-electron chi connectivity index (χ3n) is 4.79. The molecule has 1 N–H and O–H groups in total. The number of nitrogens with zero attached hydrogens (tertiary/aromatic N) is 1. The summed E-state index contributed by atoms with van der Waals surface area (Å²) in [6.45, 7) is 6.54. The molecule has 0 bridgehead atoms. The zero-order valence-electron chi connectivity index (χ0n) is 15.5. The van der Waals surface area contributed by atoms with Gasteiger partial charge in [-0.3, -0.25) is 4.79 Å². The third kappa shape index (κ3) is 4.99. The summed E-state index contributed by atoms with van der Waals surface area (Å²) in [4.78, 5) is 15.8. The number of methoxy groups -OCH3 is 1. The Labute approximate surface area is 155 Å². The number of piperazine rings is 1. The van der Waals surface area contributed by atoms with Gasteiger partial charge in [-0.2, -0.15) is 0 Å². The highest BCUT2D eigenvalue weighted by Gasteiger charge is 2.24. The first kappa shape index (κ1) is 18.3. The number of ether oxygens (including phenoxy) is 2. The first-order chi connectivity index (χ1) is 12.6. The summed E-state index contributed by atoms with van der Waals surface area (Å²) >= 11 is 0. The molecule has 0 saturated carbocycles. The van der Waals surface area contributed by atoms with Crippen molar-refractivity contribution in [1.82, 2.24) is 4.90 Å². The fourth-order valence-electron chi connectivity index (χ4n) is 3.19. The molecule has 26 heavy (non-hydrogen) atoms. The quantitative estimate of drug-likeness (QED) is 0.850. The number of quaternary nitrogens is 1. The molecule has 1 saturated heterocycles. The van der Waals surface area contributed by atoms with Gasteiger partial charge in [-0.15, -0.1) is 0 Å². The number of nitrogens with one attached hydrogen (secondary N) is 1. The highest BCUT2D eigenvalue weighted by molar-refractivity contribution is 5.77. The van der Waals surface area contributed by atoms with E-state index in [-0.39, 0.29) is 12.5 Å². The Morgan fingerprint density at radius 3 is 2.50 bits per heavy atom. The lowest BCUT2D eigenvalue weighted by Gasteiger charge is -2.32. The number of amides is 1. The van der Waals surface area contributed by atoms with Crippen LogP contribution < -0.4 is 14.4 Å². The second kappa shape index (κ2) is 8.72. The maximum Gasteiger partial charge on any atom is 0.260 e. The van der Waals surface area contributed by atoms with Crippen molar-refractivity contribution in [3.63, 3.8) is 0 Å². The summed E-state index contributed by atoms with van der Waals surface area (Å²) in [5, 5.41) is 0. The maximum atomic E-state index is 12.4. The van der Waals surface area contributed by atoms with E-state index >= 15 is 0 Å². The fourth-order valence-corrected chi connectivity index (χ4v) is 3.19. The van der Waals surface area contributed by atoms with Gasteiger partial charge < -0.3 is 19.3 Å². The van der Waals surface area contributed by atoms with Crippen LogP contribution in [-0.4, -0.2) is 50.7 Å². The van der Waals surface area contributed by atoms with E-state index < -0.39 is 0 Å². The van der Waals surface area contributed by atoms with Gasteiger partial charge in [0.15, 0.2) is 6.61 Å². The van der Waals surface area contributed by atoms with E-state index in [4.69, 9.17) is 9.47 Å². The molecule has 3 rings (SSSR count). The summed E-state index contributed by atoms with van der Waals surface area (Å²) in [6.07, 6.45) is 0. The van der Waals surface area contributed by atoms with Crippen LogP contribution >= 0.6 is 0 Å². The van der Waals surface area contributed by atoms with Gasteiger partial charge >= 0.3 is 0 Å². The smallest absolute Gasteiger partial charge is 0.260 e. The first-order valence-corrected chi connectivity index (χ1v) is 9.08. The summed E-state index contributed by atoms with van der Waals surface area (Å²) in [7, 11) is 1.69. The van der Waals surface area contributed by atoms with Gasteiger partial charge in [0.25, 0.3) is 5.91 Å². The Kier molecular flexibility index (Phi) is 6.12. The Balaban J connectivity index is 1.43. The number of carbonyl (C=O) groups excluding carboxylic acids is 1. The molecule has 138 valence electrons. The lowest BCUT2D eigenvalue weighted by atomic mass is 10.2. The van der Waals surface area contributed by atoms with E-state index in [0.717, 1.165) is 44.2 Å². The number of rotatable bonds is 6. The van der Waals surface area contributed by atoms with E-state index in [2.05, 4.69) is 12.1 Å². The Morgan fingerprint density at radius 2 is 1.81 bits per heavy atom. The molecular weight excluding hydrogens is 328 g/mol. The zero-order valence-corrected chi connectivity index (χ0v) is 15.5. The molecule has 1 aliphatic heterocycles. The molecule has 0 unspecified atom stereocenters. The van der Waals surface area contributed by atoms with Crippen molar-refractivity contribution in [3.8, 4) is 11.5 Å².